The molecule has 1 aromatic heterocycles. The van der Waals surface area contributed by atoms with E-state index in [0.29, 0.717) is 5.89 Å². The van der Waals surface area contributed by atoms with Crippen LogP contribution < -0.4 is 0 Å². The Balaban J connectivity index is 1.90. The zero-order valence-corrected chi connectivity index (χ0v) is 11.3. The molecule has 0 unspecified atom stereocenters. The first kappa shape index (κ1) is 12.4. The molecule has 0 aliphatic carbocycles. The van der Waals surface area contributed by atoms with Crippen LogP contribution in [0.4, 0.5) is 0 Å². The maximum atomic E-state index is 5.83. The predicted octanol–water partition coefficient (Wildman–Crippen LogP) is 5.04. The van der Waals surface area contributed by atoms with Gasteiger partial charge in [-0.25, -0.2) is 4.98 Å². The van der Waals surface area contributed by atoms with Crippen LogP contribution in [0, 0.1) is 0 Å². The van der Waals surface area contributed by atoms with E-state index in [1.165, 1.54) is 5.56 Å². The van der Waals surface area contributed by atoms with Crippen molar-refractivity contribution < 1.29 is 4.42 Å². The van der Waals surface area contributed by atoms with E-state index in [2.05, 4.69) is 23.2 Å². The van der Waals surface area contributed by atoms with Crippen LogP contribution in [-0.2, 0) is 0 Å². The van der Waals surface area contributed by atoms with Crippen LogP contribution >= 0.6 is 0 Å². The van der Waals surface area contributed by atoms with E-state index < -0.39 is 0 Å². The quantitative estimate of drug-likeness (QED) is 0.660. The van der Waals surface area contributed by atoms with Gasteiger partial charge in [-0.3, -0.25) is 0 Å². The lowest BCUT2D eigenvalue weighted by Gasteiger charge is -1.98. The summed E-state index contributed by atoms with van der Waals surface area (Å²) in [6.45, 7) is 2.01. The molecular weight excluding hydrogens is 246 g/mol. The zero-order chi connectivity index (χ0) is 13.8. The lowest BCUT2D eigenvalue weighted by Crippen LogP contribution is -1.77. The van der Waals surface area contributed by atoms with Crippen LogP contribution in [0.1, 0.15) is 12.5 Å². The van der Waals surface area contributed by atoms with E-state index in [1.54, 1.807) is 6.20 Å². The number of rotatable bonds is 3. The van der Waals surface area contributed by atoms with Crippen molar-refractivity contribution in [1.82, 2.24) is 4.98 Å². The molecule has 2 aromatic carbocycles. The van der Waals surface area contributed by atoms with Crippen molar-refractivity contribution >= 4 is 6.08 Å². The SMILES string of the molecule is C/C=C/c1ccc(-c2ncc(-c3ccccc3)o2)cc1. The summed E-state index contributed by atoms with van der Waals surface area (Å²) in [5.41, 5.74) is 3.20. The molecule has 2 heteroatoms. The highest BCUT2D eigenvalue weighted by molar-refractivity contribution is 5.62. The van der Waals surface area contributed by atoms with Crippen LogP contribution in [0.2, 0.25) is 0 Å². The molecule has 0 N–H and O–H groups in total. The summed E-state index contributed by atoms with van der Waals surface area (Å²) in [6.07, 6.45) is 5.85. The first-order chi connectivity index (χ1) is 9.86. The molecule has 0 spiro atoms. The van der Waals surface area contributed by atoms with Gasteiger partial charge < -0.3 is 4.42 Å². The van der Waals surface area contributed by atoms with Gasteiger partial charge in [-0.1, -0.05) is 54.6 Å². The van der Waals surface area contributed by atoms with Crippen LogP contribution in [-0.4, -0.2) is 4.98 Å². The van der Waals surface area contributed by atoms with Crippen LogP contribution in [0.15, 0.2) is 71.3 Å². The Morgan fingerprint density at radius 1 is 0.900 bits per heavy atom. The third-order valence-electron chi connectivity index (χ3n) is 3.08. The highest BCUT2D eigenvalue weighted by Gasteiger charge is 2.07. The summed E-state index contributed by atoms with van der Waals surface area (Å²) in [5, 5.41) is 0. The van der Waals surface area contributed by atoms with Gasteiger partial charge in [-0.15, -0.1) is 0 Å². The Morgan fingerprint density at radius 2 is 1.65 bits per heavy atom. The topological polar surface area (TPSA) is 26.0 Å². The molecule has 0 atom stereocenters. The number of allylic oxidation sites excluding steroid dienone is 1. The van der Waals surface area contributed by atoms with Crippen molar-refractivity contribution in [3.05, 3.63) is 72.4 Å². The lowest BCUT2D eigenvalue weighted by molar-refractivity contribution is 0.589. The Labute approximate surface area is 118 Å². The molecule has 0 aliphatic heterocycles. The van der Waals surface area contributed by atoms with Gasteiger partial charge in [0.25, 0.3) is 0 Å². The fourth-order valence-corrected chi connectivity index (χ4v) is 2.07. The molecule has 0 aliphatic rings. The molecular formula is C18H15NO. The Bertz CT molecular complexity index is 709. The summed E-state index contributed by atoms with van der Waals surface area (Å²) >= 11 is 0. The number of aromatic nitrogens is 1. The Morgan fingerprint density at radius 3 is 2.35 bits per heavy atom. The third-order valence-corrected chi connectivity index (χ3v) is 3.08. The van der Waals surface area contributed by atoms with E-state index in [-0.39, 0.29) is 0 Å². The second-order valence-electron chi connectivity index (χ2n) is 4.52. The molecule has 20 heavy (non-hydrogen) atoms. The fourth-order valence-electron chi connectivity index (χ4n) is 2.07. The Hall–Kier alpha value is -2.61. The predicted molar refractivity (Wildman–Crippen MR) is 82.1 cm³/mol. The van der Waals surface area contributed by atoms with Gasteiger partial charge in [-0.2, -0.15) is 0 Å². The largest absolute Gasteiger partial charge is 0.436 e. The van der Waals surface area contributed by atoms with Gasteiger partial charge in [0, 0.05) is 11.1 Å². The molecule has 0 amide bonds. The minimum atomic E-state index is 0.649. The van der Waals surface area contributed by atoms with Crippen LogP contribution in [0.25, 0.3) is 28.9 Å². The summed E-state index contributed by atoms with van der Waals surface area (Å²) in [6, 6.07) is 18.2. The smallest absolute Gasteiger partial charge is 0.226 e. The summed E-state index contributed by atoms with van der Waals surface area (Å²) in [7, 11) is 0. The van der Waals surface area contributed by atoms with Crippen molar-refractivity contribution in [3.8, 4) is 22.8 Å². The fraction of sp³-hybridized carbons (Fsp3) is 0.0556. The second-order valence-corrected chi connectivity index (χ2v) is 4.52. The van der Waals surface area contributed by atoms with Gasteiger partial charge in [0.2, 0.25) is 5.89 Å². The number of hydrogen-bond donors (Lipinski definition) is 0. The maximum absolute atomic E-state index is 5.83. The van der Waals surface area contributed by atoms with Crippen molar-refractivity contribution in [3.63, 3.8) is 0 Å². The van der Waals surface area contributed by atoms with Crippen molar-refractivity contribution in [2.24, 2.45) is 0 Å². The first-order valence-electron chi connectivity index (χ1n) is 6.61. The molecule has 0 saturated carbocycles. The average molecular weight is 261 g/mol. The van der Waals surface area contributed by atoms with E-state index in [9.17, 15) is 0 Å². The monoisotopic (exact) mass is 261 g/mol. The van der Waals surface area contributed by atoms with Gasteiger partial charge in [0.1, 0.15) is 0 Å². The van der Waals surface area contributed by atoms with E-state index in [1.807, 2.05) is 55.5 Å². The van der Waals surface area contributed by atoms with E-state index >= 15 is 0 Å². The summed E-state index contributed by atoms with van der Waals surface area (Å²) in [4.78, 5) is 4.35. The first-order valence-corrected chi connectivity index (χ1v) is 6.61. The lowest BCUT2D eigenvalue weighted by atomic mass is 10.1. The van der Waals surface area contributed by atoms with Gasteiger partial charge in [0.05, 0.1) is 6.20 Å². The molecule has 0 saturated heterocycles. The minimum absolute atomic E-state index is 0.649. The molecule has 98 valence electrons. The van der Waals surface area contributed by atoms with E-state index in [4.69, 9.17) is 4.42 Å². The molecule has 0 bridgehead atoms. The molecule has 3 aromatic rings. The standard InChI is InChI=1S/C18H15NO/c1-2-6-14-9-11-16(12-10-14)18-19-13-17(20-18)15-7-4-3-5-8-15/h2-13H,1H3/b6-2+. The molecule has 0 fully saturated rings. The number of oxazole rings is 1. The second kappa shape index (κ2) is 5.57. The summed E-state index contributed by atoms with van der Waals surface area (Å²) in [5.74, 6) is 1.44. The third kappa shape index (κ3) is 2.54. The maximum Gasteiger partial charge on any atom is 0.226 e. The normalized spacial score (nSPS) is 11.1. The van der Waals surface area contributed by atoms with Gasteiger partial charge >= 0.3 is 0 Å². The van der Waals surface area contributed by atoms with Crippen molar-refractivity contribution in [2.75, 3.05) is 0 Å². The van der Waals surface area contributed by atoms with Gasteiger partial charge in [-0.05, 0) is 24.6 Å². The van der Waals surface area contributed by atoms with Crippen molar-refractivity contribution in [1.29, 1.82) is 0 Å². The van der Waals surface area contributed by atoms with Crippen molar-refractivity contribution in [2.45, 2.75) is 6.92 Å². The van der Waals surface area contributed by atoms with Crippen LogP contribution in [0.3, 0.4) is 0 Å². The molecule has 1 heterocycles. The van der Waals surface area contributed by atoms with Crippen LogP contribution in [0.5, 0.6) is 0 Å². The molecule has 2 nitrogen and oxygen atoms in total. The summed E-state index contributed by atoms with van der Waals surface area (Å²) < 4.78 is 5.83. The number of nitrogens with zero attached hydrogens (tertiary/aromatic N) is 1. The minimum Gasteiger partial charge on any atom is -0.436 e. The average Bonchev–Trinajstić information content (AvgIpc) is 2.99. The van der Waals surface area contributed by atoms with Gasteiger partial charge in [0.15, 0.2) is 5.76 Å². The highest BCUT2D eigenvalue weighted by Crippen LogP contribution is 2.26. The molecule has 0 radical (unpaired) electrons. The Kier molecular flexibility index (Phi) is 3.46. The highest BCUT2D eigenvalue weighted by atomic mass is 16.4. The number of benzene rings is 2. The van der Waals surface area contributed by atoms with E-state index in [0.717, 1.165) is 16.9 Å². The molecule has 3 rings (SSSR count). The number of hydrogen-bond acceptors (Lipinski definition) is 2. The zero-order valence-electron chi connectivity index (χ0n) is 11.3.